The van der Waals surface area contributed by atoms with Crippen molar-refractivity contribution in [2.24, 2.45) is 0 Å². The van der Waals surface area contributed by atoms with E-state index in [1.165, 1.54) is 0 Å². The van der Waals surface area contributed by atoms with Gasteiger partial charge in [0, 0.05) is 30.2 Å². The van der Waals surface area contributed by atoms with Crippen molar-refractivity contribution < 1.29 is 9.90 Å². The van der Waals surface area contributed by atoms with Crippen molar-refractivity contribution in [2.75, 3.05) is 24.5 Å². The number of aromatic hydroxyl groups is 1. The van der Waals surface area contributed by atoms with Gasteiger partial charge >= 0.3 is 0 Å². The Morgan fingerprint density at radius 3 is 2.33 bits per heavy atom. The molecule has 5 nitrogen and oxygen atoms in total. The van der Waals surface area contributed by atoms with E-state index in [2.05, 4.69) is 11.0 Å². The summed E-state index contributed by atoms with van der Waals surface area (Å²) in [6.07, 6.45) is 0. The molecular formula is C27H26ClN3O2. The third-order valence-corrected chi connectivity index (χ3v) is 6.49. The minimum Gasteiger partial charge on any atom is -0.508 e. The molecular weight excluding hydrogens is 434 g/mol. The molecule has 1 aliphatic heterocycles. The Labute approximate surface area is 199 Å². The number of anilines is 1. The quantitative estimate of drug-likeness (QED) is 0.557. The summed E-state index contributed by atoms with van der Waals surface area (Å²) < 4.78 is 0. The van der Waals surface area contributed by atoms with E-state index in [9.17, 15) is 15.2 Å². The van der Waals surface area contributed by atoms with E-state index >= 15 is 0 Å². The lowest BCUT2D eigenvalue weighted by atomic mass is 9.97. The van der Waals surface area contributed by atoms with Crippen LogP contribution in [0.2, 0.25) is 5.02 Å². The van der Waals surface area contributed by atoms with Crippen LogP contribution in [0.1, 0.15) is 44.2 Å². The molecule has 1 N–H and O–H groups in total. The SMILES string of the molecule is Cc1ccc(N2CCN(C(=O)c3c(C)cc(O)cc3C)C[C@H]2c2ccc(Cl)cc2)c(C#N)c1. The molecule has 1 heterocycles. The van der Waals surface area contributed by atoms with Crippen LogP contribution in [0.15, 0.2) is 54.6 Å². The van der Waals surface area contributed by atoms with Crippen LogP contribution in [-0.2, 0) is 0 Å². The first-order valence-electron chi connectivity index (χ1n) is 10.9. The molecule has 1 saturated heterocycles. The lowest BCUT2D eigenvalue weighted by Crippen LogP contribution is -2.51. The second-order valence-electron chi connectivity index (χ2n) is 8.60. The van der Waals surface area contributed by atoms with Gasteiger partial charge in [0.1, 0.15) is 11.8 Å². The molecule has 3 aromatic rings. The molecule has 1 aliphatic rings. The number of nitriles is 1. The van der Waals surface area contributed by atoms with Gasteiger partial charge in [-0.25, -0.2) is 0 Å². The van der Waals surface area contributed by atoms with Gasteiger partial charge in [-0.1, -0.05) is 29.8 Å². The van der Waals surface area contributed by atoms with Gasteiger partial charge in [-0.3, -0.25) is 4.79 Å². The summed E-state index contributed by atoms with van der Waals surface area (Å²) >= 11 is 6.13. The minimum absolute atomic E-state index is 0.0481. The number of carbonyl (C=O) groups is 1. The molecule has 33 heavy (non-hydrogen) atoms. The molecule has 0 aromatic heterocycles. The van der Waals surface area contributed by atoms with E-state index in [4.69, 9.17) is 11.6 Å². The van der Waals surface area contributed by atoms with E-state index < -0.39 is 0 Å². The van der Waals surface area contributed by atoms with Gasteiger partial charge in [0.2, 0.25) is 0 Å². The van der Waals surface area contributed by atoms with Crippen LogP contribution in [0.3, 0.4) is 0 Å². The summed E-state index contributed by atoms with van der Waals surface area (Å²) in [6, 6.07) is 19.0. The Hall–Kier alpha value is -3.49. The monoisotopic (exact) mass is 459 g/mol. The largest absolute Gasteiger partial charge is 0.508 e. The molecule has 0 saturated carbocycles. The van der Waals surface area contributed by atoms with Gasteiger partial charge in [0.15, 0.2) is 0 Å². The zero-order valence-electron chi connectivity index (χ0n) is 19.0. The lowest BCUT2D eigenvalue weighted by molar-refractivity contribution is 0.0720. The van der Waals surface area contributed by atoms with Crippen molar-refractivity contribution in [1.29, 1.82) is 5.26 Å². The fourth-order valence-corrected chi connectivity index (χ4v) is 4.78. The van der Waals surface area contributed by atoms with E-state index in [0.29, 0.717) is 35.8 Å². The van der Waals surface area contributed by atoms with Crippen LogP contribution in [0.4, 0.5) is 5.69 Å². The zero-order chi connectivity index (χ0) is 23.7. The van der Waals surface area contributed by atoms with Crippen molar-refractivity contribution in [3.63, 3.8) is 0 Å². The first kappa shape index (κ1) is 22.7. The number of halogens is 1. The molecule has 0 spiro atoms. The van der Waals surface area contributed by atoms with E-state index in [0.717, 1.165) is 27.9 Å². The molecule has 3 aromatic carbocycles. The van der Waals surface area contributed by atoms with Gasteiger partial charge in [0.25, 0.3) is 5.91 Å². The third kappa shape index (κ3) is 4.53. The Morgan fingerprint density at radius 2 is 1.70 bits per heavy atom. The fraction of sp³-hybridized carbons (Fsp3) is 0.259. The summed E-state index contributed by atoms with van der Waals surface area (Å²) in [5, 5.41) is 20.3. The van der Waals surface area contributed by atoms with Gasteiger partial charge in [-0.15, -0.1) is 0 Å². The average molecular weight is 460 g/mol. The number of benzene rings is 3. The summed E-state index contributed by atoms with van der Waals surface area (Å²) in [4.78, 5) is 17.6. The maximum absolute atomic E-state index is 13.5. The Kier molecular flexibility index (Phi) is 6.31. The Balaban J connectivity index is 1.73. The number of phenols is 1. The van der Waals surface area contributed by atoms with Crippen LogP contribution < -0.4 is 4.90 Å². The highest BCUT2D eigenvalue weighted by molar-refractivity contribution is 6.30. The van der Waals surface area contributed by atoms with Gasteiger partial charge in [-0.05, 0) is 79.4 Å². The third-order valence-electron chi connectivity index (χ3n) is 6.24. The van der Waals surface area contributed by atoms with Crippen LogP contribution in [0.25, 0.3) is 0 Å². The summed E-state index contributed by atoms with van der Waals surface area (Å²) in [7, 11) is 0. The first-order valence-corrected chi connectivity index (χ1v) is 11.3. The number of aryl methyl sites for hydroxylation is 3. The summed E-state index contributed by atoms with van der Waals surface area (Å²) in [5.74, 6) is 0.113. The van der Waals surface area contributed by atoms with Gasteiger partial charge in [-0.2, -0.15) is 5.26 Å². The fourth-order valence-electron chi connectivity index (χ4n) is 4.65. The lowest BCUT2D eigenvalue weighted by Gasteiger charge is -2.43. The van der Waals surface area contributed by atoms with Crippen LogP contribution >= 0.6 is 11.6 Å². The predicted molar refractivity (Wildman–Crippen MR) is 131 cm³/mol. The maximum atomic E-state index is 13.5. The Morgan fingerprint density at radius 1 is 1.03 bits per heavy atom. The zero-order valence-corrected chi connectivity index (χ0v) is 19.7. The number of amides is 1. The van der Waals surface area contributed by atoms with Crippen molar-refractivity contribution in [2.45, 2.75) is 26.8 Å². The molecule has 0 unspecified atom stereocenters. The molecule has 4 rings (SSSR count). The highest BCUT2D eigenvalue weighted by atomic mass is 35.5. The van der Waals surface area contributed by atoms with Crippen LogP contribution in [-0.4, -0.2) is 35.5 Å². The van der Waals surface area contributed by atoms with Gasteiger partial charge < -0.3 is 14.9 Å². The second-order valence-corrected chi connectivity index (χ2v) is 9.04. The normalized spacial score (nSPS) is 15.9. The number of hydrogen-bond acceptors (Lipinski definition) is 4. The standard InChI is InChI=1S/C27H26ClN3O2/c1-17-4-9-24(21(12-17)15-29)31-11-10-30(16-25(31)20-5-7-22(28)8-6-20)27(33)26-18(2)13-23(32)14-19(26)3/h4-9,12-14,25,32H,10-11,16H2,1-3H3/t25-/m0/s1. The highest BCUT2D eigenvalue weighted by Crippen LogP contribution is 2.35. The van der Waals surface area contributed by atoms with E-state index in [1.807, 2.05) is 68.1 Å². The van der Waals surface area contributed by atoms with Crippen LogP contribution in [0, 0.1) is 32.1 Å². The molecule has 1 amide bonds. The topological polar surface area (TPSA) is 67.6 Å². The number of hydrogen-bond donors (Lipinski definition) is 1. The summed E-state index contributed by atoms with van der Waals surface area (Å²) in [6.45, 7) is 7.25. The number of nitrogens with zero attached hydrogens (tertiary/aromatic N) is 3. The summed E-state index contributed by atoms with van der Waals surface area (Å²) in [5.41, 5.74) is 5.70. The highest BCUT2D eigenvalue weighted by Gasteiger charge is 2.33. The molecule has 1 fully saturated rings. The number of piperazine rings is 1. The van der Waals surface area contributed by atoms with E-state index in [-0.39, 0.29) is 17.7 Å². The minimum atomic E-state index is -0.132. The van der Waals surface area contributed by atoms with Gasteiger partial charge in [0.05, 0.1) is 17.3 Å². The molecule has 0 aliphatic carbocycles. The number of phenolic OH excluding ortho intramolecular Hbond substituents is 1. The molecule has 168 valence electrons. The number of rotatable bonds is 3. The number of carbonyl (C=O) groups excluding carboxylic acids is 1. The van der Waals surface area contributed by atoms with E-state index in [1.54, 1.807) is 12.1 Å². The van der Waals surface area contributed by atoms with Crippen molar-refractivity contribution in [1.82, 2.24) is 4.90 Å². The molecule has 0 bridgehead atoms. The first-order chi connectivity index (χ1) is 15.8. The smallest absolute Gasteiger partial charge is 0.254 e. The molecule has 0 radical (unpaired) electrons. The molecule has 1 atom stereocenters. The average Bonchev–Trinajstić information content (AvgIpc) is 2.78. The predicted octanol–water partition coefficient (Wildman–Crippen LogP) is 5.55. The van der Waals surface area contributed by atoms with Crippen molar-refractivity contribution >= 4 is 23.2 Å². The Bertz CT molecular complexity index is 1220. The maximum Gasteiger partial charge on any atom is 0.254 e. The van der Waals surface area contributed by atoms with Crippen LogP contribution in [0.5, 0.6) is 5.75 Å². The molecule has 6 heteroatoms. The second kappa shape index (κ2) is 9.17. The van der Waals surface area contributed by atoms with Crippen molar-refractivity contribution in [3.8, 4) is 11.8 Å². The van der Waals surface area contributed by atoms with Crippen molar-refractivity contribution in [3.05, 3.63) is 93.0 Å².